The van der Waals surface area contributed by atoms with Crippen LogP contribution in [0.25, 0.3) is 0 Å². The number of carbonyl (C=O) groups is 1. The highest BCUT2D eigenvalue weighted by Gasteiger charge is 2.20. The zero-order valence-corrected chi connectivity index (χ0v) is 35.5. The van der Waals surface area contributed by atoms with Crippen molar-refractivity contribution < 1.29 is 37.3 Å². The topological polar surface area (TPSA) is 94.1 Å². The van der Waals surface area contributed by atoms with Crippen molar-refractivity contribution in [2.75, 3.05) is 54.1 Å². The van der Waals surface area contributed by atoms with Gasteiger partial charge in [-0.1, -0.05) is 187 Å². The highest BCUT2D eigenvalue weighted by molar-refractivity contribution is 7.45. The third-order valence-corrected chi connectivity index (χ3v) is 10.6. The van der Waals surface area contributed by atoms with Gasteiger partial charge in [-0.15, -0.1) is 0 Å². The third kappa shape index (κ3) is 40.5. The summed E-state index contributed by atoms with van der Waals surface area (Å²) < 4.78 is 34.6. The van der Waals surface area contributed by atoms with Crippen LogP contribution < -0.4 is 4.89 Å². The summed E-state index contributed by atoms with van der Waals surface area (Å²) in [6.45, 7) is 5.46. The second-order valence-corrected chi connectivity index (χ2v) is 17.5. The monoisotopic (exact) mass is 748 g/mol. The first kappa shape index (κ1) is 50.5. The summed E-state index contributed by atoms with van der Waals surface area (Å²) in [5.74, 6) is -0.329. The number of carbonyl (C=O) groups excluding carboxylic acids is 1. The highest BCUT2D eigenvalue weighted by atomic mass is 31.2. The maximum Gasteiger partial charge on any atom is 0.306 e. The molecule has 0 saturated carbocycles. The Kier molecular flexibility index (Phi) is 36.1. The standard InChI is InChI=1S/C42H86NO7P/c1-6-8-10-12-14-16-18-20-21-22-23-25-27-29-31-33-35-42(44)50-41(40-49-51(45,46)48-38-36-43(3,4)5)39-47-37-34-32-30-28-26-24-19-17-15-13-11-9-7-2/h41H,6-40H2,1-5H3. The Balaban J connectivity index is 4.19. The minimum absolute atomic E-state index is 0.0313. The number of ether oxygens (including phenoxy) is 2. The molecule has 51 heavy (non-hydrogen) atoms. The first-order valence-electron chi connectivity index (χ1n) is 21.8. The zero-order chi connectivity index (χ0) is 37.7. The minimum Gasteiger partial charge on any atom is -0.756 e. The van der Waals surface area contributed by atoms with Crippen LogP contribution in [0, 0.1) is 0 Å². The van der Waals surface area contributed by atoms with Crippen LogP contribution in [0.1, 0.15) is 206 Å². The van der Waals surface area contributed by atoms with Crippen molar-refractivity contribution in [1.29, 1.82) is 0 Å². The SMILES string of the molecule is CCCCCCCCCCCCCCCCCCC(=O)OC(COCCCCCCCCCCCCCCC)COP(=O)([O-])OCC[N+](C)(C)C. The summed E-state index contributed by atoms with van der Waals surface area (Å²) in [5, 5.41) is 0. The average Bonchev–Trinajstić information content (AvgIpc) is 3.08. The molecule has 0 saturated heterocycles. The number of hydrogen-bond acceptors (Lipinski definition) is 7. The van der Waals surface area contributed by atoms with Gasteiger partial charge in [-0.25, -0.2) is 0 Å². The molecule has 0 N–H and O–H groups in total. The normalized spacial score (nSPS) is 13.8. The fourth-order valence-corrected chi connectivity index (χ4v) is 6.98. The Hall–Kier alpha value is -0.500. The van der Waals surface area contributed by atoms with E-state index in [1.165, 1.54) is 154 Å². The lowest BCUT2D eigenvalue weighted by molar-refractivity contribution is -0.870. The van der Waals surface area contributed by atoms with Crippen molar-refractivity contribution in [3.05, 3.63) is 0 Å². The Morgan fingerprint density at radius 3 is 1.29 bits per heavy atom. The van der Waals surface area contributed by atoms with Crippen molar-refractivity contribution in [3.63, 3.8) is 0 Å². The fourth-order valence-electron chi connectivity index (χ4n) is 6.25. The predicted octanol–water partition coefficient (Wildman–Crippen LogP) is 11.9. The average molecular weight is 748 g/mol. The first-order chi connectivity index (χ1) is 24.6. The molecule has 0 amide bonds. The van der Waals surface area contributed by atoms with Crippen LogP contribution in [0.5, 0.6) is 0 Å². The molecular weight excluding hydrogens is 661 g/mol. The van der Waals surface area contributed by atoms with Crippen LogP contribution in [-0.2, 0) is 27.9 Å². The lowest BCUT2D eigenvalue weighted by Gasteiger charge is -2.28. The molecule has 0 aromatic rings. The van der Waals surface area contributed by atoms with Crippen molar-refractivity contribution in [1.82, 2.24) is 0 Å². The van der Waals surface area contributed by atoms with E-state index in [4.69, 9.17) is 18.5 Å². The van der Waals surface area contributed by atoms with Gasteiger partial charge in [-0.05, 0) is 12.8 Å². The summed E-state index contributed by atoms with van der Waals surface area (Å²) in [4.78, 5) is 25.0. The lowest BCUT2D eigenvalue weighted by atomic mass is 10.0. The Morgan fingerprint density at radius 1 is 0.529 bits per heavy atom. The fraction of sp³-hybridized carbons (Fsp3) is 0.976. The van der Waals surface area contributed by atoms with Gasteiger partial charge in [0.15, 0.2) is 0 Å². The molecule has 0 fully saturated rings. The molecule has 306 valence electrons. The van der Waals surface area contributed by atoms with E-state index in [0.717, 1.165) is 32.1 Å². The Morgan fingerprint density at radius 2 is 0.902 bits per heavy atom. The predicted molar refractivity (Wildman–Crippen MR) is 213 cm³/mol. The number of quaternary nitrogens is 1. The summed E-state index contributed by atoms with van der Waals surface area (Å²) in [6, 6.07) is 0. The van der Waals surface area contributed by atoms with E-state index in [1.54, 1.807) is 0 Å². The van der Waals surface area contributed by atoms with Crippen LogP contribution in [0.15, 0.2) is 0 Å². The number of phosphoric acid groups is 1. The van der Waals surface area contributed by atoms with Crippen LogP contribution in [0.4, 0.5) is 0 Å². The van der Waals surface area contributed by atoms with E-state index in [1.807, 2.05) is 21.1 Å². The third-order valence-electron chi connectivity index (χ3n) is 9.66. The molecular formula is C42H86NO7P. The molecule has 0 aliphatic carbocycles. The maximum absolute atomic E-state index is 12.7. The van der Waals surface area contributed by atoms with Crippen LogP contribution in [0.2, 0.25) is 0 Å². The van der Waals surface area contributed by atoms with Crippen molar-refractivity contribution in [2.45, 2.75) is 213 Å². The van der Waals surface area contributed by atoms with Crippen molar-refractivity contribution >= 4 is 13.8 Å². The van der Waals surface area contributed by atoms with Gasteiger partial charge in [0.1, 0.15) is 19.3 Å². The molecule has 0 bridgehead atoms. The highest BCUT2D eigenvalue weighted by Crippen LogP contribution is 2.38. The number of phosphoric ester groups is 1. The number of esters is 1. The van der Waals surface area contributed by atoms with Gasteiger partial charge >= 0.3 is 5.97 Å². The zero-order valence-electron chi connectivity index (χ0n) is 34.6. The summed E-state index contributed by atoms with van der Waals surface area (Å²) in [5.41, 5.74) is 0. The van der Waals surface area contributed by atoms with Crippen LogP contribution in [-0.4, -0.2) is 70.7 Å². The minimum atomic E-state index is -4.51. The molecule has 0 aliphatic heterocycles. The van der Waals surface area contributed by atoms with Gasteiger partial charge in [0.2, 0.25) is 0 Å². The van der Waals surface area contributed by atoms with Crippen molar-refractivity contribution in [3.8, 4) is 0 Å². The maximum atomic E-state index is 12.7. The molecule has 0 aliphatic rings. The molecule has 0 spiro atoms. The first-order valence-corrected chi connectivity index (χ1v) is 23.2. The molecule has 2 atom stereocenters. The summed E-state index contributed by atoms with van der Waals surface area (Å²) in [6.07, 6.45) is 36.7. The molecule has 0 aromatic carbocycles. The molecule has 0 aromatic heterocycles. The number of hydrogen-bond donors (Lipinski definition) is 0. The van der Waals surface area contributed by atoms with E-state index in [-0.39, 0.29) is 25.8 Å². The van der Waals surface area contributed by atoms with E-state index in [0.29, 0.717) is 24.1 Å². The molecule has 8 nitrogen and oxygen atoms in total. The Bertz CT molecular complexity index is 792. The summed E-state index contributed by atoms with van der Waals surface area (Å²) in [7, 11) is 1.37. The van der Waals surface area contributed by atoms with E-state index < -0.39 is 13.9 Å². The second-order valence-electron chi connectivity index (χ2n) is 16.1. The largest absolute Gasteiger partial charge is 0.756 e. The quantitative estimate of drug-likeness (QED) is 0.0266. The van der Waals surface area contributed by atoms with Gasteiger partial charge < -0.3 is 27.9 Å². The number of unbranched alkanes of at least 4 members (excludes halogenated alkanes) is 27. The van der Waals surface area contributed by atoms with Gasteiger partial charge in [0.25, 0.3) is 7.82 Å². The number of nitrogens with zero attached hydrogens (tertiary/aromatic N) is 1. The summed E-state index contributed by atoms with van der Waals surface area (Å²) >= 11 is 0. The van der Waals surface area contributed by atoms with Crippen LogP contribution in [0.3, 0.4) is 0 Å². The van der Waals surface area contributed by atoms with Gasteiger partial charge in [0.05, 0.1) is 34.4 Å². The Labute approximate surface area is 317 Å². The molecule has 0 radical (unpaired) electrons. The van der Waals surface area contributed by atoms with E-state index >= 15 is 0 Å². The molecule has 2 unspecified atom stereocenters. The van der Waals surface area contributed by atoms with Gasteiger partial charge in [-0.3, -0.25) is 9.36 Å². The van der Waals surface area contributed by atoms with Crippen LogP contribution >= 0.6 is 7.82 Å². The smallest absolute Gasteiger partial charge is 0.306 e. The van der Waals surface area contributed by atoms with Gasteiger partial charge in [0, 0.05) is 13.0 Å². The van der Waals surface area contributed by atoms with E-state index in [9.17, 15) is 14.3 Å². The molecule has 9 heteroatoms. The van der Waals surface area contributed by atoms with Crippen molar-refractivity contribution in [2.24, 2.45) is 0 Å². The number of likely N-dealkylation sites (N-methyl/N-ethyl adjacent to an activating group) is 1. The molecule has 0 rings (SSSR count). The number of rotatable bonds is 41. The van der Waals surface area contributed by atoms with E-state index in [2.05, 4.69) is 13.8 Å². The lowest BCUT2D eigenvalue weighted by Crippen LogP contribution is -2.37. The molecule has 0 heterocycles. The second kappa shape index (κ2) is 36.5. The van der Waals surface area contributed by atoms with Gasteiger partial charge in [-0.2, -0.15) is 0 Å².